The Kier molecular flexibility index (Phi) is 8.66. The van der Waals surface area contributed by atoms with Crippen molar-refractivity contribution in [3.63, 3.8) is 0 Å². The van der Waals surface area contributed by atoms with Crippen LogP contribution in [-0.2, 0) is 17.8 Å². The fourth-order valence-corrected chi connectivity index (χ4v) is 2.53. The highest BCUT2D eigenvalue weighted by Crippen LogP contribution is 2.16. The molecule has 1 rings (SSSR count). The molecule has 4 nitrogen and oxygen atoms in total. The van der Waals surface area contributed by atoms with Gasteiger partial charge in [-0.3, -0.25) is 4.90 Å². The largest absolute Gasteiger partial charge is 0.468 e. The second-order valence-electron chi connectivity index (χ2n) is 5.89. The lowest BCUT2D eigenvalue weighted by Gasteiger charge is -2.29. The Morgan fingerprint density at radius 1 is 1.29 bits per heavy atom. The van der Waals surface area contributed by atoms with E-state index in [9.17, 15) is 0 Å². The highest BCUT2D eigenvalue weighted by atomic mass is 16.5. The van der Waals surface area contributed by atoms with Gasteiger partial charge in [-0.25, -0.2) is 0 Å². The molecule has 0 unspecified atom stereocenters. The third kappa shape index (κ3) is 6.64. The molecule has 0 aromatic carbocycles. The van der Waals surface area contributed by atoms with Gasteiger partial charge in [0.2, 0.25) is 0 Å². The van der Waals surface area contributed by atoms with E-state index in [1.54, 1.807) is 7.11 Å². The number of nitrogens with zero attached hydrogens (tertiary/aromatic N) is 1. The molecule has 0 fully saturated rings. The maximum atomic E-state index is 5.72. The first kappa shape index (κ1) is 18.2. The van der Waals surface area contributed by atoms with Gasteiger partial charge >= 0.3 is 0 Å². The number of ether oxygens (including phenoxy) is 1. The van der Waals surface area contributed by atoms with Crippen LogP contribution in [0.5, 0.6) is 0 Å². The van der Waals surface area contributed by atoms with E-state index in [1.807, 2.05) is 6.26 Å². The molecule has 1 aromatic rings. The first-order valence-corrected chi connectivity index (χ1v) is 8.13. The molecule has 1 heterocycles. The minimum atomic E-state index is 0.492. The minimum Gasteiger partial charge on any atom is -0.468 e. The van der Waals surface area contributed by atoms with E-state index in [4.69, 9.17) is 9.15 Å². The normalized spacial score (nSPS) is 12.0. The lowest BCUT2D eigenvalue weighted by molar-refractivity contribution is 0.104. The van der Waals surface area contributed by atoms with E-state index in [2.05, 4.69) is 44.0 Å². The molecule has 0 aliphatic rings. The number of rotatable bonds is 11. The smallest absolute Gasteiger partial charge is 0.118 e. The molecule has 122 valence electrons. The van der Waals surface area contributed by atoms with Crippen molar-refractivity contribution in [3.05, 3.63) is 23.7 Å². The molecular formula is C17H32N2O2. The van der Waals surface area contributed by atoms with Crippen LogP contribution in [0.15, 0.2) is 16.7 Å². The summed E-state index contributed by atoms with van der Waals surface area (Å²) in [5.41, 5.74) is 1.22. The number of furan rings is 1. The molecule has 0 saturated carbocycles. The van der Waals surface area contributed by atoms with Gasteiger partial charge in [-0.05, 0) is 18.9 Å². The Morgan fingerprint density at radius 3 is 2.57 bits per heavy atom. The van der Waals surface area contributed by atoms with Crippen LogP contribution >= 0.6 is 0 Å². The van der Waals surface area contributed by atoms with Crippen molar-refractivity contribution in [3.8, 4) is 0 Å². The monoisotopic (exact) mass is 296 g/mol. The average molecular weight is 296 g/mol. The Labute approximate surface area is 129 Å². The van der Waals surface area contributed by atoms with Gasteiger partial charge in [0.05, 0.1) is 19.4 Å². The molecule has 0 aliphatic carbocycles. The molecule has 0 bridgehead atoms. The first-order chi connectivity index (χ1) is 10.1. The number of nitrogens with one attached hydrogen (secondary N) is 1. The number of hydrogen-bond acceptors (Lipinski definition) is 4. The van der Waals surface area contributed by atoms with Crippen LogP contribution in [0.25, 0.3) is 0 Å². The Morgan fingerprint density at radius 2 is 2.00 bits per heavy atom. The van der Waals surface area contributed by atoms with E-state index in [-0.39, 0.29) is 0 Å². The van der Waals surface area contributed by atoms with Gasteiger partial charge < -0.3 is 14.5 Å². The first-order valence-electron chi connectivity index (χ1n) is 8.13. The predicted octanol–water partition coefficient (Wildman–Crippen LogP) is 3.41. The molecule has 21 heavy (non-hydrogen) atoms. The van der Waals surface area contributed by atoms with Crippen molar-refractivity contribution in [2.24, 2.45) is 0 Å². The third-order valence-corrected chi connectivity index (χ3v) is 3.82. The van der Waals surface area contributed by atoms with Crippen molar-refractivity contribution >= 4 is 0 Å². The van der Waals surface area contributed by atoms with Crippen LogP contribution in [0.1, 0.15) is 51.9 Å². The standard InChI is InChI=1S/C17H32N2O2/c1-6-16(7-2)19(8-9-20-5)12-17-10-15(13-21-17)11-18-14(3)4/h10,13-14,16,18H,6-9,11-12H2,1-5H3. The fourth-order valence-electron chi connectivity index (χ4n) is 2.53. The lowest BCUT2D eigenvalue weighted by atomic mass is 10.1. The molecule has 0 saturated heterocycles. The van der Waals surface area contributed by atoms with Crippen molar-refractivity contribution < 1.29 is 9.15 Å². The Balaban J connectivity index is 2.60. The number of methoxy groups -OCH3 is 1. The van der Waals surface area contributed by atoms with Gasteiger partial charge in [-0.2, -0.15) is 0 Å². The van der Waals surface area contributed by atoms with Gasteiger partial charge in [-0.15, -0.1) is 0 Å². The van der Waals surface area contributed by atoms with Crippen LogP contribution in [0.4, 0.5) is 0 Å². The maximum absolute atomic E-state index is 5.72. The van der Waals surface area contributed by atoms with Crippen LogP contribution in [0, 0.1) is 0 Å². The maximum Gasteiger partial charge on any atom is 0.118 e. The van der Waals surface area contributed by atoms with Crippen molar-refractivity contribution in [2.45, 2.75) is 65.7 Å². The minimum absolute atomic E-state index is 0.492. The molecule has 0 radical (unpaired) electrons. The van der Waals surface area contributed by atoms with Gasteiger partial charge in [0.1, 0.15) is 5.76 Å². The third-order valence-electron chi connectivity index (χ3n) is 3.82. The van der Waals surface area contributed by atoms with Gasteiger partial charge in [0.25, 0.3) is 0 Å². The summed E-state index contributed by atoms with van der Waals surface area (Å²) in [6.07, 6.45) is 4.18. The summed E-state index contributed by atoms with van der Waals surface area (Å²) in [5, 5.41) is 3.41. The Hall–Kier alpha value is -0.840. The molecule has 0 atom stereocenters. The zero-order valence-corrected chi connectivity index (χ0v) is 14.3. The van der Waals surface area contributed by atoms with Gasteiger partial charge in [0.15, 0.2) is 0 Å². The summed E-state index contributed by atoms with van der Waals surface area (Å²) < 4.78 is 11.0. The summed E-state index contributed by atoms with van der Waals surface area (Å²) in [4.78, 5) is 2.46. The van der Waals surface area contributed by atoms with E-state index in [0.29, 0.717) is 12.1 Å². The summed E-state index contributed by atoms with van der Waals surface area (Å²) in [6, 6.07) is 3.24. The summed E-state index contributed by atoms with van der Waals surface area (Å²) in [7, 11) is 1.76. The van der Waals surface area contributed by atoms with E-state index in [1.165, 1.54) is 5.56 Å². The van der Waals surface area contributed by atoms with Gasteiger partial charge in [0, 0.05) is 37.8 Å². The molecule has 1 N–H and O–H groups in total. The van der Waals surface area contributed by atoms with Crippen LogP contribution < -0.4 is 5.32 Å². The highest BCUT2D eigenvalue weighted by Gasteiger charge is 2.17. The van der Waals surface area contributed by atoms with E-state index >= 15 is 0 Å². The second kappa shape index (κ2) is 9.98. The SMILES string of the molecule is CCC(CC)N(CCOC)Cc1cc(CNC(C)C)co1. The van der Waals surface area contributed by atoms with Gasteiger partial charge in [-0.1, -0.05) is 27.7 Å². The van der Waals surface area contributed by atoms with E-state index in [0.717, 1.165) is 44.8 Å². The fraction of sp³-hybridized carbons (Fsp3) is 0.765. The molecule has 0 spiro atoms. The van der Waals surface area contributed by atoms with Crippen molar-refractivity contribution in [1.29, 1.82) is 0 Å². The highest BCUT2D eigenvalue weighted by molar-refractivity contribution is 5.12. The average Bonchev–Trinajstić information content (AvgIpc) is 2.91. The molecule has 4 heteroatoms. The summed E-state index contributed by atoms with van der Waals surface area (Å²) in [6.45, 7) is 12.2. The predicted molar refractivity (Wildman–Crippen MR) is 87.3 cm³/mol. The van der Waals surface area contributed by atoms with Crippen molar-refractivity contribution in [1.82, 2.24) is 10.2 Å². The second-order valence-corrected chi connectivity index (χ2v) is 5.89. The zero-order chi connectivity index (χ0) is 15.7. The molecule has 0 amide bonds. The quantitative estimate of drug-likeness (QED) is 0.679. The lowest BCUT2D eigenvalue weighted by Crippen LogP contribution is -2.36. The molecule has 0 aliphatic heterocycles. The molecule has 1 aromatic heterocycles. The number of hydrogen-bond donors (Lipinski definition) is 1. The van der Waals surface area contributed by atoms with Crippen molar-refractivity contribution in [2.75, 3.05) is 20.3 Å². The zero-order valence-electron chi connectivity index (χ0n) is 14.3. The van der Waals surface area contributed by atoms with E-state index < -0.39 is 0 Å². The van der Waals surface area contributed by atoms with Crippen LogP contribution in [0.3, 0.4) is 0 Å². The summed E-state index contributed by atoms with van der Waals surface area (Å²) >= 11 is 0. The Bertz CT molecular complexity index is 373. The topological polar surface area (TPSA) is 37.6 Å². The molecular weight excluding hydrogens is 264 g/mol. The van der Waals surface area contributed by atoms with Crippen LogP contribution in [-0.4, -0.2) is 37.2 Å². The van der Waals surface area contributed by atoms with Crippen LogP contribution in [0.2, 0.25) is 0 Å². The summed E-state index contributed by atoms with van der Waals surface area (Å²) in [5.74, 6) is 1.04.